The van der Waals surface area contributed by atoms with Gasteiger partial charge in [-0.1, -0.05) is 34.5 Å². The third kappa shape index (κ3) is 9.11. The molecule has 0 unspecified atom stereocenters. The molecule has 0 radical (unpaired) electrons. The van der Waals surface area contributed by atoms with Crippen LogP contribution in [0, 0.1) is 17.0 Å². The number of aliphatic hydroxyl groups is 2. The number of aliphatic hydroxyl groups excluding tert-OH is 2. The number of pyridine rings is 1. The van der Waals surface area contributed by atoms with E-state index in [1.807, 2.05) is 0 Å². The lowest BCUT2D eigenvalue weighted by molar-refractivity contribution is -0.384. The highest BCUT2D eigenvalue weighted by Gasteiger charge is 2.27. The highest BCUT2D eigenvalue weighted by atomic mass is 35.5. The van der Waals surface area contributed by atoms with Gasteiger partial charge in [-0.2, -0.15) is 4.98 Å². The molecule has 192 valence electrons. The van der Waals surface area contributed by atoms with Crippen LogP contribution in [0.2, 0.25) is 8.93 Å². The van der Waals surface area contributed by atoms with E-state index in [1.165, 1.54) is 42.0 Å². The summed E-state index contributed by atoms with van der Waals surface area (Å²) < 4.78 is 6.01. The van der Waals surface area contributed by atoms with E-state index in [1.54, 1.807) is 18.0 Å². The molecule has 0 atom stereocenters. The second kappa shape index (κ2) is 15.1. The van der Waals surface area contributed by atoms with Gasteiger partial charge in [0, 0.05) is 49.0 Å². The minimum atomic E-state index is -0.480. The highest BCUT2D eigenvalue weighted by Crippen LogP contribution is 2.39. The molecule has 3 N–H and O–H groups in total. The van der Waals surface area contributed by atoms with Gasteiger partial charge in [0.1, 0.15) is 5.00 Å². The number of nitro groups is 1. The molecule has 0 saturated heterocycles. The SMILES string of the molecule is COc1cc(C)c([N+](=O)[O-])c(N(CCCO)c2cnc(Cl)s2)n1.OCCCNCc1cnc(Cl)s1. The first-order valence-electron chi connectivity index (χ1n) is 10.4. The largest absolute Gasteiger partial charge is 0.481 e. The Morgan fingerprint density at radius 1 is 1.17 bits per heavy atom. The molecule has 0 fully saturated rings. The minimum Gasteiger partial charge on any atom is -0.481 e. The molecular weight excluding hydrogens is 539 g/mol. The van der Waals surface area contributed by atoms with Crippen molar-refractivity contribution in [3.05, 3.63) is 47.9 Å². The van der Waals surface area contributed by atoms with Crippen LogP contribution in [0.25, 0.3) is 0 Å². The Bertz CT molecular complexity index is 1080. The molecule has 0 amide bonds. The van der Waals surface area contributed by atoms with Crippen molar-refractivity contribution in [3.63, 3.8) is 0 Å². The van der Waals surface area contributed by atoms with E-state index >= 15 is 0 Å². The zero-order valence-corrected chi connectivity index (χ0v) is 22.3. The van der Waals surface area contributed by atoms with Crippen molar-refractivity contribution in [1.29, 1.82) is 0 Å². The number of hydrogen-bond acceptors (Lipinski definition) is 12. The van der Waals surface area contributed by atoms with E-state index in [0.717, 1.165) is 24.4 Å². The predicted octanol–water partition coefficient (Wildman–Crippen LogP) is 4.21. The fourth-order valence-corrected chi connectivity index (χ4v) is 4.74. The molecule has 3 rings (SSSR count). The number of rotatable bonds is 12. The molecule has 35 heavy (non-hydrogen) atoms. The second-order valence-corrected chi connectivity index (χ2v) is 10.2. The first kappa shape index (κ1) is 29.1. The molecule has 3 aromatic heterocycles. The van der Waals surface area contributed by atoms with Crippen molar-refractivity contribution < 1.29 is 19.9 Å². The maximum Gasteiger partial charge on any atom is 0.315 e. The number of nitrogens with zero attached hydrogens (tertiary/aromatic N) is 5. The van der Waals surface area contributed by atoms with Crippen LogP contribution in [-0.4, -0.2) is 63.5 Å². The van der Waals surface area contributed by atoms with Crippen LogP contribution in [0.3, 0.4) is 0 Å². The summed E-state index contributed by atoms with van der Waals surface area (Å²) in [6.45, 7) is 3.73. The summed E-state index contributed by atoms with van der Waals surface area (Å²) in [5.74, 6) is 0.410. The van der Waals surface area contributed by atoms with E-state index in [0.29, 0.717) is 32.5 Å². The lowest BCUT2D eigenvalue weighted by atomic mass is 10.2. The Hall–Kier alpha value is -2.13. The Balaban J connectivity index is 0.000000303. The van der Waals surface area contributed by atoms with Gasteiger partial charge in [-0.25, -0.2) is 9.97 Å². The van der Waals surface area contributed by atoms with E-state index < -0.39 is 4.92 Å². The Kier molecular flexibility index (Phi) is 12.5. The molecule has 3 aromatic rings. The van der Waals surface area contributed by atoms with Crippen molar-refractivity contribution in [2.24, 2.45) is 0 Å². The Morgan fingerprint density at radius 3 is 2.40 bits per heavy atom. The van der Waals surface area contributed by atoms with E-state index in [9.17, 15) is 10.1 Å². The Morgan fingerprint density at radius 2 is 1.86 bits per heavy atom. The summed E-state index contributed by atoms with van der Waals surface area (Å²) in [5.41, 5.74) is 0.315. The number of methoxy groups -OCH3 is 1. The molecule has 3 heterocycles. The van der Waals surface area contributed by atoms with Crippen LogP contribution in [0.5, 0.6) is 5.88 Å². The lowest BCUT2D eigenvalue weighted by Crippen LogP contribution is -2.21. The summed E-state index contributed by atoms with van der Waals surface area (Å²) in [6, 6.07) is 1.51. The molecule has 0 aliphatic heterocycles. The van der Waals surface area contributed by atoms with Gasteiger partial charge in [-0.15, -0.1) is 11.3 Å². The summed E-state index contributed by atoms with van der Waals surface area (Å²) in [5, 5.41) is 32.8. The standard InChI is InChI=1S/C13H15ClN4O4S.C7H11ClN2OS/c1-8-6-9(22-2)16-12(11(8)18(20)21)17(4-3-5-19)10-7-15-13(14)23-10;8-7-10-5-6(12-7)4-9-2-1-3-11/h6-7,19H,3-5H2,1-2H3;5,9,11H,1-4H2. The highest BCUT2D eigenvalue weighted by molar-refractivity contribution is 7.19. The van der Waals surface area contributed by atoms with Gasteiger partial charge in [0.2, 0.25) is 11.7 Å². The molecule has 15 heteroatoms. The molecule has 0 saturated carbocycles. The Labute approximate surface area is 220 Å². The molecule has 0 bridgehead atoms. The van der Waals surface area contributed by atoms with Crippen molar-refractivity contribution in [2.45, 2.75) is 26.3 Å². The predicted molar refractivity (Wildman–Crippen MR) is 139 cm³/mol. The third-order valence-electron chi connectivity index (χ3n) is 4.40. The van der Waals surface area contributed by atoms with Gasteiger partial charge in [0.25, 0.3) is 0 Å². The van der Waals surface area contributed by atoms with Crippen LogP contribution >= 0.6 is 45.9 Å². The van der Waals surface area contributed by atoms with Gasteiger partial charge in [0.05, 0.1) is 18.2 Å². The second-order valence-electron chi connectivity index (χ2n) is 6.92. The van der Waals surface area contributed by atoms with Gasteiger partial charge < -0.3 is 25.2 Å². The van der Waals surface area contributed by atoms with Crippen LogP contribution in [0.1, 0.15) is 23.3 Å². The number of aryl methyl sites for hydroxylation is 1. The molecule has 0 aromatic carbocycles. The number of aromatic nitrogens is 3. The number of hydrogen-bond donors (Lipinski definition) is 3. The monoisotopic (exact) mass is 564 g/mol. The van der Waals surface area contributed by atoms with E-state index in [2.05, 4.69) is 20.3 Å². The van der Waals surface area contributed by atoms with E-state index in [4.69, 9.17) is 38.2 Å². The maximum atomic E-state index is 11.5. The lowest BCUT2D eigenvalue weighted by Gasteiger charge is -2.22. The number of halogens is 2. The average molecular weight is 566 g/mol. The van der Waals surface area contributed by atoms with E-state index in [-0.39, 0.29) is 30.6 Å². The zero-order valence-electron chi connectivity index (χ0n) is 19.1. The fourth-order valence-electron chi connectivity index (χ4n) is 2.84. The topological polar surface area (TPSA) is 147 Å². The van der Waals surface area contributed by atoms with Crippen molar-refractivity contribution >= 4 is 62.4 Å². The van der Waals surface area contributed by atoms with Crippen LogP contribution in [0.15, 0.2) is 18.5 Å². The third-order valence-corrected chi connectivity index (χ3v) is 6.65. The number of nitrogens with one attached hydrogen (secondary N) is 1. The number of ether oxygens (including phenoxy) is 1. The van der Waals surface area contributed by atoms with Crippen molar-refractivity contribution in [2.75, 3.05) is 38.3 Å². The van der Waals surface area contributed by atoms with Crippen molar-refractivity contribution in [1.82, 2.24) is 20.3 Å². The molecule has 0 aliphatic rings. The normalized spacial score (nSPS) is 10.6. The summed E-state index contributed by atoms with van der Waals surface area (Å²) in [4.78, 5) is 25.8. The summed E-state index contributed by atoms with van der Waals surface area (Å²) in [6.07, 6.45) is 4.47. The fraction of sp³-hybridized carbons (Fsp3) is 0.450. The van der Waals surface area contributed by atoms with Gasteiger partial charge in [0.15, 0.2) is 8.93 Å². The molecule has 11 nitrogen and oxygen atoms in total. The quantitative estimate of drug-likeness (QED) is 0.166. The first-order valence-corrected chi connectivity index (χ1v) is 12.8. The van der Waals surface area contributed by atoms with Crippen LogP contribution in [0.4, 0.5) is 16.5 Å². The van der Waals surface area contributed by atoms with Gasteiger partial charge in [-0.05, 0) is 26.3 Å². The van der Waals surface area contributed by atoms with Crippen molar-refractivity contribution in [3.8, 4) is 5.88 Å². The minimum absolute atomic E-state index is 0.0558. The molecular formula is C20H26Cl2N6O5S2. The zero-order chi connectivity index (χ0) is 25.8. The van der Waals surface area contributed by atoms with Crippen LogP contribution < -0.4 is 15.0 Å². The maximum absolute atomic E-state index is 11.5. The number of thiazole rings is 2. The van der Waals surface area contributed by atoms with Gasteiger partial charge in [-0.3, -0.25) is 10.1 Å². The summed E-state index contributed by atoms with van der Waals surface area (Å²) >= 11 is 14.2. The molecule has 0 aliphatic carbocycles. The number of anilines is 2. The smallest absolute Gasteiger partial charge is 0.315 e. The summed E-state index contributed by atoms with van der Waals surface area (Å²) in [7, 11) is 1.44. The van der Waals surface area contributed by atoms with Crippen LogP contribution in [-0.2, 0) is 6.54 Å². The molecule has 0 spiro atoms. The van der Waals surface area contributed by atoms with Gasteiger partial charge >= 0.3 is 5.69 Å². The average Bonchev–Trinajstić information content (AvgIpc) is 3.44. The first-order chi connectivity index (χ1) is 16.8.